The van der Waals surface area contributed by atoms with Gasteiger partial charge in [-0.3, -0.25) is 14.3 Å². The number of hydrogen-bond donors (Lipinski definition) is 4. The lowest BCUT2D eigenvalue weighted by atomic mass is 9.97. The van der Waals surface area contributed by atoms with Crippen LogP contribution in [0.5, 0.6) is 0 Å². The Morgan fingerprint density at radius 3 is 2.64 bits per heavy atom. The van der Waals surface area contributed by atoms with E-state index in [-0.39, 0.29) is 18.4 Å². The second kappa shape index (κ2) is 7.65. The number of H-pyrrole nitrogens is 1. The van der Waals surface area contributed by atoms with Crippen LogP contribution in [0.2, 0.25) is 0 Å². The summed E-state index contributed by atoms with van der Waals surface area (Å²) >= 11 is 0. The Kier molecular flexibility index (Phi) is 5.99. The van der Waals surface area contributed by atoms with E-state index >= 15 is 0 Å². The van der Waals surface area contributed by atoms with E-state index in [4.69, 9.17) is 19.6 Å². The molecular formula is C14H21N2O8P. The van der Waals surface area contributed by atoms with E-state index in [9.17, 15) is 18.9 Å². The van der Waals surface area contributed by atoms with Crippen molar-refractivity contribution in [3.05, 3.63) is 32.6 Å². The number of aryl methyl sites for hydroxylation is 1. The first-order chi connectivity index (χ1) is 11.6. The number of aliphatic carboxylic acids is 1. The molecule has 1 heterocycles. The molecule has 1 fully saturated rings. The molecule has 1 aromatic rings. The summed E-state index contributed by atoms with van der Waals surface area (Å²) in [6, 6.07) is 0. The first kappa shape index (κ1) is 19.6. The van der Waals surface area contributed by atoms with Crippen molar-refractivity contribution in [1.29, 1.82) is 0 Å². The van der Waals surface area contributed by atoms with Gasteiger partial charge < -0.3 is 24.2 Å². The SMILES string of the molecule is Cc1cn(C[C@@H]2CCC[C@H]2COC(C(=O)O)P(=O)(O)O)c(=O)[nH]c1=O. The number of nitrogens with zero attached hydrogens (tertiary/aromatic N) is 1. The van der Waals surface area contributed by atoms with Crippen LogP contribution in [-0.2, 0) is 20.6 Å². The zero-order chi connectivity index (χ0) is 18.8. The van der Waals surface area contributed by atoms with E-state index in [1.807, 2.05) is 0 Å². The van der Waals surface area contributed by atoms with Crippen molar-refractivity contribution in [2.45, 2.75) is 38.6 Å². The van der Waals surface area contributed by atoms with Crippen LogP contribution in [-0.4, -0.2) is 42.9 Å². The number of carbonyl (C=O) groups is 1. The van der Waals surface area contributed by atoms with E-state index in [0.717, 1.165) is 12.8 Å². The Hall–Kier alpha value is -1.74. The third-order valence-corrected chi connectivity index (χ3v) is 5.40. The highest BCUT2D eigenvalue weighted by Gasteiger charge is 2.38. The predicted octanol–water partition coefficient (Wildman–Crippen LogP) is -0.134. The number of rotatable bonds is 7. The normalized spacial score (nSPS) is 22.0. The number of aromatic nitrogens is 2. The Bertz CT molecular complexity index is 795. The zero-order valence-electron chi connectivity index (χ0n) is 13.6. The standard InChI is InChI=1S/C14H21N2O8P/c1-8-5-16(14(20)15-11(8)17)6-9-3-2-4-10(9)7-24-13(12(18)19)25(21,22)23/h5,9-10,13H,2-4,6-7H2,1H3,(H,18,19)(H,15,17,20)(H2,21,22,23)/t9-,10-,13?/m0/s1. The summed E-state index contributed by atoms with van der Waals surface area (Å²) in [6.07, 6.45) is 3.78. The summed E-state index contributed by atoms with van der Waals surface area (Å²) in [5.74, 6) is -4.05. The minimum atomic E-state index is -4.91. The molecule has 1 unspecified atom stereocenters. The molecule has 0 amide bonds. The number of nitrogens with one attached hydrogen (secondary N) is 1. The van der Waals surface area contributed by atoms with Gasteiger partial charge in [-0.1, -0.05) is 6.42 Å². The number of carboxylic acids is 1. The Morgan fingerprint density at radius 2 is 2.04 bits per heavy atom. The highest BCUT2D eigenvalue weighted by Crippen LogP contribution is 2.43. The molecule has 1 saturated carbocycles. The summed E-state index contributed by atoms with van der Waals surface area (Å²) in [5.41, 5.74) is -0.572. The fourth-order valence-corrected chi connectivity index (χ4v) is 3.68. The molecule has 11 heteroatoms. The maximum atomic E-state index is 11.9. The number of ether oxygens (including phenoxy) is 1. The highest BCUT2D eigenvalue weighted by atomic mass is 31.2. The molecule has 0 bridgehead atoms. The van der Waals surface area contributed by atoms with Crippen LogP contribution < -0.4 is 11.2 Å². The molecule has 3 atom stereocenters. The van der Waals surface area contributed by atoms with Crippen molar-refractivity contribution in [3.63, 3.8) is 0 Å². The summed E-state index contributed by atoms with van der Waals surface area (Å²) in [7, 11) is -4.91. The van der Waals surface area contributed by atoms with E-state index in [1.165, 1.54) is 10.8 Å². The lowest BCUT2D eigenvalue weighted by Gasteiger charge is -2.23. The predicted molar refractivity (Wildman–Crippen MR) is 86.3 cm³/mol. The minimum Gasteiger partial charge on any atom is -0.479 e. The second-order valence-electron chi connectivity index (χ2n) is 6.29. The molecule has 1 aromatic heterocycles. The summed E-state index contributed by atoms with van der Waals surface area (Å²) in [5, 5.41) is 8.88. The molecule has 1 aliphatic rings. The number of aromatic amines is 1. The Morgan fingerprint density at radius 1 is 1.40 bits per heavy atom. The molecule has 4 N–H and O–H groups in total. The van der Waals surface area contributed by atoms with Crippen LogP contribution >= 0.6 is 7.60 Å². The van der Waals surface area contributed by atoms with E-state index in [1.54, 1.807) is 6.92 Å². The first-order valence-electron chi connectivity index (χ1n) is 7.79. The van der Waals surface area contributed by atoms with Crippen molar-refractivity contribution >= 4 is 13.6 Å². The van der Waals surface area contributed by atoms with Gasteiger partial charge in [0.25, 0.3) is 11.4 Å². The van der Waals surface area contributed by atoms with Crippen LogP contribution in [0.3, 0.4) is 0 Å². The number of hydrogen-bond acceptors (Lipinski definition) is 5. The van der Waals surface area contributed by atoms with Crippen LogP contribution in [0.15, 0.2) is 15.8 Å². The molecule has 0 radical (unpaired) electrons. The van der Waals surface area contributed by atoms with Gasteiger partial charge in [0.2, 0.25) is 0 Å². The average Bonchev–Trinajstić information content (AvgIpc) is 2.90. The van der Waals surface area contributed by atoms with Gasteiger partial charge in [0.05, 0.1) is 6.61 Å². The third kappa shape index (κ3) is 4.88. The summed E-state index contributed by atoms with van der Waals surface area (Å²) < 4.78 is 17.5. The van der Waals surface area contributed by atoms with Gasteiger partial charge in [0, 0.05) is 18.3 Å². The topological polar surface area (TPSA) is 159 Å². The summed E-state index contributed by atoms with van der Waals surface area (Å²) in [4.78, 5) is 54.5. The lowest BCUT2D eigenvalue weighted by molar-refractivity contribution is -0.146. The van der Waals surface area contributed by atoms with Crippen molar-refractivity contribution in [1.82, 2.24) is 9.55 Å². The molecule has 0 aromatic carbocycles. The van der Waals surface area contributed by atoms with Crippen LogP contribution in [0.4, 0.5) is 0 Å². The van der Waals surface area contributed by atoms with Crippen molar-refractivity contribution in [3.8, 4) is 0 Å². The van der Waals surface area contributed by atoms with Gasteiger partial charge in [0.15, 0.2) is 0 Å². The fourth-order valence-electron chi connectivity index (χ4n) is 3.11. The average molecular weight is 376 g/mol. The minimum absolute atomic E-state index is 0.0192. The molecule has 25 heavy (non-hydrogen) atoms. The molecule has 0 aliphatic heterocycles. The van der Waals surface area contributed by atoms with E-state index in [2.05, 4.69) is 4.98 Å². The maximum absolute atomic E-state index is 11.9. The first-order valence-corrected chi connectivity index (χ1v) is 9.47. The van der Waals surface area contributed by atoms with Crippen molar-refractivity contribution < 1.29 is 29.0 Å². The van der Waals surface area contributed by atoms with Crippen molar-refractivity contribution in [2.24, 2.45) is 11.8 Å². The number of carboxylic acid groups (broad SMARTS) is 1. The maximum Gasteiger partial charge on any atom is 0.365 e. The molecule has 10 nitrogen and oxygen atoms in total. The van der Waals surface area contributed by atoms with E-state index in [0.29, 0.717) is 18.5 Å². The molecular weight excluding hydrogens is 355 g/mol. The third-order valence-electron chi connectivity index (χ3n) is 4.42. The molecule has 0 spiro atoms. The molecule has 140 valence electrons. The van der Waals surface area contributed by atoms with Gasteiger partial charge in [-0.05, 0) is 31.6 Å². The van der Waals surface area contributed by atoms with Crippen LogP contribution in [0.25, 0.3) is 0 Å². The van der Waals surface area contributed by atoms with Gasteiger partial charge >= 0.3 is 19.3 Å². The smallest absolute Gasteiger partial charge is 0.365 e. The van der Waals surface area contributed by atoms with Gasteiger partial charge in [-0.25, -0.2) is 9.59 Å². The fraction of sp³-hybridized carbons (Fsp3) is 0.643. The largest absolute Gasteiger partial charge is 0.479 e. The molecule has 0 saturated heterocycles. The highest BCUT2D eigenvalue weighted by molar-refractivity contribution is 7.53. The lowest BCUT2D eigenvalue weighted by Crippen LogP contribution is -2.34. The van der Waals surface area contributed by atoms with Crippen LogP contribution in [0.1, 0.15) is 24.8 Å². The molecule has 2 rings (SSSR count). The Balaban J connectivity index is 2.07. The van der Waals surface area contributed by atoms with Gasteiger partial charge in [-0.15, -0.1) is 0 Å². The Labute approximate surface area is 142 Å². The molecule has 1 aliphatic carbocycles. The van der Waals surface area contributed by atoms with Gasteiger partial charge in [-0.2, -0.15) is 0 Å². The zero-order valence-corrected chi connectivity index (χ0v) is 14.5. The quantitative estimate of drug-likeness (QED) is 0.479. The van der Waals surface area contributed by atoms with Crippen LogP contribution in [0, 0.1) is 18.8 Å². The van der Waals surface area contributed by atoms with Gasteiger partial charge in [0.1, 0.15) is 0 Å². The van der Waals surface area contributed by atoms with Crippen molar-refractivity contribution in [2.75, 3.05) is 6.61 Å². The van der Waals surface area contributed by atoms with E-state index < -0.39 is 30.7 Å². The summed E-state index contributed by atoms with van der Waals surface area (Å²) in [6.45, 7) is 1.78. The second-order valence-corrected chi connectivity index (χ2v) is 7.94. The monoisotopic (exact) mass is 376 g/mol.